The third-order valence-electron chi connectivity index (χ3n) is 3.21. The van der Waals surface area contributed by atoms with Gasteiger partial charge >= 0.3 is 0 Å². The number of aromatic nitrogens is 2. The molecule has 1 heterocycles. The maximum absolute atomic E-state index is 6.11. The lowest BCUT2D eigenvalue weighted by atomic mass is 10.2. The lowest BCUT2D eigenvalue weighted by molar-refractivity contribution is 0.687. The zero-order valence-corrected chi connectivity index (χ0v) is 12.2. The van der Waals surface area contributed by atoms with E-state index in [9.17, 15) is 0 Å². The first-order chi connectivity index (χ1) is 8.60. The van der Waals surface area contributed by atoms with Crippen molar-refractivity contribution in [1.29, 1.82) is 0 Å². The molecular weight excluding hydrogens is 246 g/mol. The monoisotopic (exact) mass is 267 g/mol. The Morgan fingerprint density at radius 2 is 2.11 bits per heavy atom. The smallest absolute Gasteiger partial charge is 0.135 e. The molecule has 1 fully saturated rings. The number of nitrogens with zero attached hydrogens (tertiary/aromatic N) is 3. The zero-order valence-electron chi connectivity index (χ0n) is 11.5. The molecule has 0 saturated heterocycles. The van der Waals surface area contributed by atoms with E-state index in [1.807, 2.05) is 6.07 Å². The minimum absolute atomic E-state index is 0.312. The molecule has 1 aromatic heterocycles. The predicted octanol–water partition coefficient (Wildman–Crippen LogP) is 3.88. The Morgan fingerprint density at radius 3 is 2.67 bits per heavy atom. The normalized spacial score (nSPS) is 15.2. The molecule has 0 aromatic carbocycles. The van der Waals surface area contributed by atoms with E-state index in [1.165, 1.54) is 12.8 Å². The standard InChI is InChI=1S/C14H22ClN3/c1-4-7-18(9-11-5-6-11)13-8-12(15)16-14(17-13)10(2)3/h8,10-11H,4-7,9H2,1-3H3. The van der Waals surface area contributed by atoms with Crippen molar-refractivity contribution in [2.24, 2.45) is 5.92 Å². The Bertz CT molecular complexity index is 402. The van der Waals surface area contributed by atoms with Crippen LogP contribution in [0.2, 0.25) is 5.15 Å². The maximum Gasteiger partial charge on any atom is 0.135 e. The second-order valence-corrected chi connectivity index (χ2v) is 5.84. The second kappa shape index (κ2) is 5.87. The van der Waals surface area contributed by atoms with E-state index < -0.39 is 0 Å². The molecule has 18 heavy (non-hydrogen) atoms. The van der Waals surface area contributed by atoms with Gasteiger partial charge in [0.2, 0.25) is 0 Å². The van der Waals surface area contributed by atoms with Crippen LogP contribution in [0.25, 0.3) is 0 Å². The van der Waals surface area contributed by atoms with Gasteiger partial charge < -0.3 is 4.90 Å². The molecule has 0 N–H and O–H groups in total. The Labute approximate surface area is 115 Å². The van der Waals surface area contributed by atoms with Crippen molar-refractivity contribution in [2.75, 3.05) is 18.0 Å². The van der Waals surface area contributed by atoms with Crippen LogP contribution in [0.3, 0.4) is 0 Å². The molecule has 1 saturated carbocycles. The highest BCUT2D eigenvalue weighted by Crippen LogP contribution is 2.31. The van der Waals surface area contributed by atoms with Crippen molar-refractivity contribution in [3.63, 3.8) is 0 Å². The summed E-state index contributed by atoms with van der Waals surface area (Å²) in [6.07, 6.45) is 3.84. The quantitative estimate of drug-likeness (QED) is 0.733. The molecule has 0 aliphatic heterocycles. The summed E-state index contributed by atoms with van der Waals surface area (Å²) in [5, 5.41) is 0.556. The lowest BCUT2D eigenvalue weighted by Gasteiger charge is -2.24. The highest BCUT2D eigenvalue weighted by molar-refractivity contribution is 6.29. The van der Waals surface area contributed by atoms with Gasteiger partial charge in [0.05, 0.1) is 0 Å². The van der Waals surface area contributed by atoms with Crippen LogP contribution >= 0.6 is 11.6 Å². The first-order valence-corrected chi connectivity index (χ1v) is 7.27. The van der Waals surface area contributed by atoms with E-state index >= 15 is 0 Å². The summed E-state index contributed by atoms with van der Waals surface area (Å²) in [7, 11) is 0. The number of halogens is 1. The van der Waals surface area contributed by atoms with Crippen molar-refractivity contribution in [1.82, 2.24) is 9.97 Å². The SMILES string of the molecule is CCCN(CC1CC1)c1cc(Cl)nc(C(C)C)n1. The molecule has 1 aliphatic carbocycles. The van der Waals surface area contributed by atoms with E-state index in [4.69, 9.17) is 11.6 Å². The molecular formula is C14H22ClN3. The zero-order chi connectivity index (χ0) is 13.1. The topological polar surface area (TPSA) is 29.0 Å². The molecule has 0 radical (unpaired) electrons. The summed E-state index contributed by atoms with van der Waals surface area (Å²) in [4.78, 5) is 11.3. The Kier molecular flexibility index (Phi) is 4.44. The van der Waals surface area contributed by atoms with Gasteiger partial charge in [0.25, 0.3) is 0 Å². The molecule has 1 aliphatic rings. The summed E-state index contributed by atoms with van der Waals surface area (Å²) in [6.45, 7) is 8.55. The third kappa shape index (κ3) is 3.58. The molecule has 100 valence electrons. The van der Waals surface area contributed by atoms with Gasteiger partial charge in [-0.05, 0) is 25.2 Å². The minimum atomic E-state index is 0.312. The van der Waals surface area contributed by atoms with E-state index in [-0.39, 0.29) is 0 Å². The highest BCUT2D eigenvalue weighted by Gasteiger charge is 2.25. The molecule has 1 aromatic rings. The van der Waals surface area contributed by atoms with Crippen molar-refractivity contribution in [3.05, 3.63) is 17.0 Å². The molecule has 2 rings (SSSR count). The Balaban J connectivity index is 2.21. The maximum atomic E-state index is 6.11. The molecule has 4 heteroatoms. The second-order valence-electron chi connectivity index (χ2n) is 5.45. The summed E-state index contributed by atoms with van der Waals surface area (Å²) in [5.41, 5.74) is 0. The van der Waals surface area contributed by atoms with Gasteiger partial charge in [-0.3, -0.25) is 0 Å². The summed E-state index contributed by atoms with van der Waals surface area (Å²) >= 11 is 6.11. The van der Waals surface area contributed by atoms with E-state index in [0.29, 0.717) is 11.1 Å². The van der Waals surface area contributed by atoms with E-state index in [0.717, 1.165) is 37.1 Å². The summed E-state index contributed by atoms with van der Waals surface area (Å²) < 4.78 is 0. The first-order valence-electron chi connectivity index (χ1n) is 6.89. The lowest BCUT2D eigenvalue weighted by Crippen LogP contribution is -2.28. The van der Waals surface area contributed by atoms with Gasteiger partial charge in [-0.25, -0.2) is 9.97 Å². The molecule has 0 bridgehead atoms. The number of hydrogen-bond donors (Lipinski definition) is 0. The fourth-order valence-electron chi connectivity index (χ4n) is 2.02. The first kappa shape index (κ1) is 13.6. The number of rotatable bonds is 6. The van der Waals surface area contributed by atoms with Gasteiger partial charge in [0.15, 0.2) is 0 Å². The Morgan fingerprint density at radius 1 is 1.39 bits per heavy atom. The van der Waals surface area contributed by atoms with Crippen LogP contribution in [0.15, 0.2) is 6.07 Å². The van der Waals surface area contributed by atoms with Crippen molar-refractivity contribution in [2.45, 2.75) is 46.0 Å². The van der Waals surface area contributed by atoms with Gasteiger partial charge in [0.1, 0.15) is 16.8 Å². The van der Waals surface area contributed by atoms with Crippen molar-refractivity contribution < 1.29 is 0 Å². The van der Waals surface area contributed by atoms with Crippen LogP contribution in [-0.2, 0) is 0 Å². The average Bonchev–Trinajstić information content (AvgIpc) is 3.11. The van der Waals surface area contributed by atoms with Crippen LogP contribution < -0.4 is 4.90 Å². The number of anilines is 1. The average molecular weight is 268 g/mol. The Hall–Kier alpha value is -0.830. The van der Waals surface area contributed by atoms with Gasteiger partial charge in [-0.15, -0.1) is 0 Å². The van der Waals surface area contributed by atoms with E-state index in [2.05, 4.69) is 35.6 Å². The van der Waals surface area contributed by atoms with Crippen LogP contribution in [-0.4, -0.2) is 23.1 Å². The predicted molar refractivity (Wildman–Crippen MR) is 76.4 cm³/mol. The van der Waals surface area contributed by atoms with Gasteiger partial charge in [-0.1, -0.05) is 32.4 Å². The van der Waals surface area contributed by atoms with E-state index in [1.54, 1.807) is 0 Å². The van der Waals surface area contributed by atoms with Gasteiger partial charge in [0, 0.05) is 25.1 Å². The van der Waals surface area contributed by atoms with Crippen LogP contribution in [0.4, 0.5) is 5.82 Å². The van der Waals surface area contributed by atoms with Gasteiger partial charge in [-0.2, -0.15) is 0 Å². The largest absolute Gasteiger partial charge is 0.356 e. The van der Waals surface area contributed by atoms with Crippen LogP contribution in [0, 0.1) is 5.92 Å². The highest BCUT2D eigenvalue weighted by atomic mass is 35.5. The molecule has 3 nitrogen and oxygen atoms in total. The molecule has 0 spiro atoms. The van der Waals surface area contributed by atoms with Crippen molar-refractivity contribution in [3.8, 4) is 0 Å². The minimum Gasteiger partial charge on any atom is -0.356 e. The molecule has 0 unspecified atom stereocenters. The summed E-state index contributed by atoms with van der Waals surface area (Å²) in [6, 6.07) is 1.89. The molecule has 0 amide bonds. The fourth-order valence-corrected chi connectivity index (χ4v) is 2.21. The summed E-state index contributed by atoms with van der Waals surface area (Å²) in [5.74, 6) is 3.00. The van der Waals surface area contributed by atoms with Crippen LogP contribution in [0.1, 0.15) is 51.8 Å². The number of hydrogen-bond acceptors (Lipinski definition) is 3. The fraction of sp³-hybridized carbons (Fsp3) is 0.714. The van der Waals surface area contributed by atoms with Crippen LogP contribution in [0.5, 0.6) is 0 Å². The molecule has 0 atom stereocenters. The van der Waals surface area contributed by atoms with Crippen molar-refractivity contribution >= 4 is 17.4 Å². The third-order valence-corrected chi connectivity index (χ3v) is 3.40.